The number of carbonyl (C=O) groups is 5. The van der Waals surface area contributed by atoms with Gasteiger partial charge in [-0.2, -0.15) is 0 Å². The van der Waals surface area contributed by atoms with Crippen molar-refractivity contribution >= 4 is 29.3 Å². The maximum Gasteiger partial charge on any atom is 0.252 e. The minimum atomic E-state index is -2.32. The Morgan fingerprint density at radius 3 is 1.71 bits per heavy atom. The molecule has 3 amide bonds. The standard InChI is InChI=1S/C64H99N5O25/c1-42(2)68-46(40-67-50(70)9-13-80-17-18-82-21-22-84-25-26-86-29-30-88-33-34-90-36-35-89-32-31-87-28-27-85-24-23-83-20-19-81-16-15-78-4)62(75)65-10-11-66-63(76)64(77)38-45-54(49(39-64)93-52-37-47-61(43(3)92-52)94-51-41-91-14-12-69(47)51)60(74)56-55(58(45)72)57(71)44-7-6-8-48(79-5)53(44)59(56)73/h6-8,42-43,46-47,49,51-52,61,68,72,74,77H,9-41H2,1-5H3,(H,65,75)(H,66,76)(H,67,70)/t43-,46-,47-,49-,51+,52-,61+,64-/m0/s1. The number of nitrogens with zero attached hydrogens (tertiary/aromatic N) is 1. The molecule has 0 saturated carbocycles. The van der Waals surface area contributed by atoms with Crippen LogP contribution in [0.15, 0.2) is 18.2 Å². The normalized spacial score (nSPS) is 21.9. The second kappa shape index (κ2) is 41.2. The monoisotopic (exact) mass is 1340 g/mol. The van der Waals surface area contributed by atoms with Gasteiger partial charge in [0, 0.05) is 87.7 Å². The zero-order valence-corrected chi connectivity index (χ0v) is 55.0. The summed E-state index contributed by atoms with van der Waals surface area (Å²) in [6, 6.07) is 3.28. The average molecular weight is 1340 g/mol. The molecule has 0 aromatic heterocycles. The van der Waals surface area contributed by atoms with Crippen molar-refractivity contribution in [2.45, 2.75) is 101 Å². The van der Waals surface area contributed by atoms with Crippen LogP contribution in [0.1, 0.15) is 89.1 Å². The summed E-state index contributed by atoms with van der Waals surface area (Å²) in [5, 5.41) is 47.9. The molecule has 2 aliphatic carbocycles. The molecule has 8 atom stereocenters. The fourth-order valence-electron chi connectivity index (χ4n) is 11.5. The number of nitrogens with one attached hydrogen (secondary N) is 4. The predicted octanol–water partition coefficient (Wildman–Crippen LogP) is 0.112. The first-order valence-corrected chi connectivity index (χ1v) is 32.5. The predicted molar refractivity (Wildman–Crippen MR) is 332 cm³/mol. The molecular formula is C64H99N5O25. The van der Waals surface area contributed by atoms with Crippen LogP contribution < -0.4 is 26.0 Å². The molecule has 2 aromatic rings. The highest BCUT2D eigenvalue weighted by atomic mass is 16.7. The van der Waals surface area contributed by atoms with Gasteiger partial charge in [-0.05, 0) is 13.0 Å². The van der Waals surface area contributed by atoms with Crippen molar-refractivity contribution in [3.05, 3.63) is 51.6 Å². The number of morpholine rings is 1. The zero-order chi connectivity index (χ0) is 67.1. The first-order valence-electron chi connectivity index (χ1n) is 32.5. The molecule has 3 aliphatic heterocycles. The van der Waals surface area contributed by atoms with E-state index in [9.17, 15) is 39.3 Å². The van der Waals surface area contributed by atoms with Crippen LogP contribution in [0.5, 0.6) is 17.2 Å². The fourth-order valence-corrected chi connectivity index (χ4v) is 11.5. The van der Waals surface area contributed by atoms with Crippen molar-refractivity contribution in [3.8, 4) is 17.2 Å². The molecule has 2 aromatic carbocycles. The smallest absolute Gasteiger partial charge is 0.252 e. The summed E-state index contributed by atoms with van der Waals surface area (Å²) >= 11 is 0. The Balaban J connectivity index is 0.726. The number of fused-ring (bicyclic) bond motifs is 6. The van der Waals surface area contributed by atoms with Gasteiger partial charge in [0.25, 0.3) is 5.91 Å². The van der Waals surface area contributed by atoms with Gasteiger partial charge < -0.3 is 117 Å². The van der Waals surface area contributed by atoms with Gasteiger partial charge in [0.2, 0.25) is 17.6 Å². The lowest BCUT2D eigenvalue weighted by Gasteiger charge is -2.43. The SMILES string of the molecule is COCCOCCOCCOCCOCCOCCOCCOCCOCCOCCOCCOCCC(=O)NC[C@H](NC(C)C)C(=O)NCCNC(=O)[C@]1(O)Cc2c(O)c3c(c(O)c2[C@@H](O[C@H]2C[C@H]4[C@H](O[C@@H]5COCCN54)[C@H](C)O2)C1)C(=O)c1c(OC)cccc1C3=O. The van der Waals surface area contributed by atoms with Gasteiger partial charge in [-0.25, -0.2) is 0 Å². The third-order valence-corrected chi connectivity index (χ3v) is 16.0. The molecule has 0 bridgehead atoms. The van der Waals surface area contributed by atoms with Crippen molar-refractivity contribution in [2.75, 3.05) is 206 Å². The van der Waals surface area contributed by atoms with E-state index in [0.29, 0.717) is 165 Å². The zero-order valence-electron chi connectivity index (χ0n) is 55.0. The Morgan fingerprint density at radius 1 is 0.660 bits per heavy atom. The van der Waals surface area contributed by atoms with E-state index in [1.54, 1.807) is 7.11 Å². The number of amides is 3. The largest absolute Gasteiger partial charge is 0.507 e. The van der Waals surface area contributed by atoms with Crippen LogP contribution in [0, 0.1) is 0 Å². The van der Waals surface area contributed by atoms with Gasteiger partial charge in [-0.15, -0.1) is 0 Å². The molecular weight excluding hydrogens is 1240 g/mol. The van der Waals surface area contributed by atoms with Crippen LogP contribution >= 0.6 is 0 Å². The van der Waals surface area contributed by atoms with Gasteiger partial charge in [0.1, 0.15) is 41.2 Å². The number of phenolic OH excluding ortho intramolecular Hbond substituents is 2. The van der Waals surface area contributed by atoms with Gasteiger partial charge in [-0.1, -0.05) is 26.0 Å². The summed E-state index contributed by atoms with van der Waals surface area (Å²) in [6.07, 6.45) is -4.15. The quantitative estimate of drug-likeness (QED) is 0.0291. The second-order valence-corrected chi connectivity index (χ2v) is 23.1. The van der Waals surface area contributed by atoms with E-state index in [4.69, 9.17) is 80.5 Å². The lowest BCUT2D eigenvalue weighted by atomic mass is 9.72. The van der Waals surface area contributed by atoms with Crippen LogP contribution in [0.3, 0.4) is 0 Å². The first kappa shape index (κ1) is 76.2. The van der Waals surface area contributed by atoms with Crippen LogP contribution in [0.2, 0.25) is 0 Å². The number of aliphatic hydroxyl groups is 1. The van der Waals surface area contributed by atoms with Crippen LogP contribution in [0.4, 0.5) is 0 Å². The molecule has 94 heavy (non-hydrogen) atoms. The van der Waals surface area contributed by atoms with E-state index >= 15 is 0 Å². The van der Waals surface area contributed by atoms with Gasteiger partial charge in [0.15, 0.2) is 12.1 Å². The molecule has 3 fully saturated rings. The summed E-state index contributed by atoms with van der Waals surface area (Å²) < 4.78 is 95.6. The summed E-state index contributed by atoms with van der Waals surface area (Å²) in [7, 11) is 2.97. The third-order valence-electron chi connectivity index (χ3n) is 16.0. The molecule has 0 unspecified atom stereocenters. The van der Waals surface area contributed by atoms with Crippen LogP contribution in [-0.2, 0) is 96.6 Å². The number of aromatic hydroxyl groups is 2. The van der Waals surface area contributed by atoms with E-state index in [1.807, 2.05) is 20.8 Å². The first-order chi connectivity index (χ1) is 45.7. The topological polar surface area (TPSA) is 354 Å². The molecule has 3 saturated heterocycles. The number of methoxy groups -OCH3 is 2. The van der Waals surface area contributed by atoms with Gasteiger partial charge in [0.05, 0.1) is 201 Å². The molecule has 7 N–H and O–H groups in total. The van der Waals surface area contributed by atoms with E-state index in [-0.39, 0.29) is 97.6 Å². The molecule has 7 rings (SSSR count). The van der Waals surface area contributed by atoms with Crippen molar-refractivity contribution in [1.29, 1.82) is 0 Å². The lowest BCUT2D eigenvalue weighted by Crippen LogP contribution is -2.55. The number of phenols is 2. The molecule has 30 nitrogen and oxygen atoms in total. The van der Waals surface area contributed by atoms with E-state index < -0.39 is 89.0 Å². The van der Waals surface area contributed by atoms with E-state index in [2.05, 4.69) is 26.2 Å². The average Bonchev–Trinajstić information content (AvgIpc) is 0.848. The summed E-state index contributed by atoms with van der Waals surface area (Å²) in [5.74, 6) is -4.51. The van der Waals surface area contributed by atoms with Crippen molar-refractivity contribution in [2.24, 2.45) is 0 Å². The maximum absolute atomic E-state index is 14.3. The Hall–Kier alpha value is -5.17. The highest BCUT2D eigenvalue weighted by Crippen LogP contribution is 2.53. The molecule has 30 heteroatoms. The number of ketones is 2. The van der Waals surface area contributed by atoms with Crippen molar-refractivity contribution in [1.82, 2.24) is 26.2 Å². The molecule has 0 radical (unpaired) electrons. The summed E-state index contributed by atoms with van der Waals surface area (Å²) in [4.78, 5) is 71.1. The summed E-state index contributed by atoms with van der Waals surface area (Å²) in [6.45, 7) is 16.7. The van der Waals surface area contributed by atoms with Crippen molar-refractivity contribution < 1.29 is 120 Å². The van der Waals surface area contributed by atoms with Crippen molar-refractivity contribution in [3.63, 3.8) is 0 Å². The van der Waals surface area contributed by atoms with E-state index in [1.165, 1.54) is 25.3 Å². The Bertz CT molecular complexity index is 2660. The van der Waals surface area contributed by atoms with E-state index in [0.717, 1.165) is 0 Å². The molecule has 3 heterocycles. The number of hydrogen-bond acceptors (Lipinski definition) is 27. The Kier molecular flexibility index (Phi) is 33.4. The number of benzene rings is 2. The lowest BCUT2D eigenvalue weighted by molar-refractivity contribution is -0.247. The highest BCUT2D eigenvalue weighted by Gasteiger charge is 2.54. The van der Waals surface area contributed by atoms with Gasteiger partial charge >= 0.3 is 0 Å². The minimum absolute atomic E-state index is 0.0372. The second-order valence-electron chi connectivity index (χ2n) is 23.1. The molecule has 5 aliphatic rings. The van der Waals surface area contributed by atoms with Crippen LogP contribution in [0.25, 0.3) is 0 Å². The number of carbonyl (C=O) groups excluding carboxylic acids is 5. The fraction of sp³-hybridized carbons (Fsp3) is 0.734. The Labute approximate surface area is 549 Å². The molecule has 530 valence electrons. The third kappa shape index (κ3) is 23.0. The maximum atomic E-state index is 14.3. The Morgan fingerprint density at radius 2 is 1.18 bits per heavy atom. The number of ether oxygens (including phenoxy) is 17. The highest BCUT2D eigenvalue weighted by molar-refractivity contribution is 6.31. The molecule has 0 spiro atoms. The number of hydrogen-bond donors (Lipinski definition) is 7. The number of rotatable bonds is 48. The van der Waals surface area contributed by atoms with Crippen LogP contribution in [-0.4, -0.2) is 304 Å². The minimum Gasteiger partial charge on any atom is -0.507 e. The van der Waals surface area contributed by atoms with Gasteiger partial charge in [-0.3, -0.25) is 28.9 Å². The summed E-state index contributed by atoms with van der Waals surface area (Å²) in [5.41, 5.74) is -3.68.